The molecule has 6 atom stereocenters. The lowest BCUT2D eigenvalue weighted by molar-refractivity contribution is -0.344. The van der Waals surface area contributed by atoms with Gasteiger partial charge in [0.15, 0.2) is 12.4 Å². The van der Waals surface area contributed by atoms with Gasteiger partial charge < -0.3 is 37.0 Å². The van der Waals surface area contributed by atoms with E-state index >= 15 is 0 Å². The minimum atomic E-state index is -2.01. The third kappa shape index (κ3) is 5.93. The van der Waals surface area contributed by atoms with Gasteiger partial charge in [0.05, 0.1) is 17.4 Å². The molecule has 2 saturated heterocycles. The van der Waals surface area contributed by atoms with Crippen molar-refractivity contribution in [3.63, 3.8) is 0 Å². The van der Waals surface area contributed by atoms with E-state index in [1.54, 1.807) is 0 Å². The van der Waals surface area contributed by atoms with E-state index in [1.807, 2.05) is 133 Å². The fourth-order valence-electron chi connectivity index (χ4n) is 6.78. The highest BCUT2D eigenvalue weighted by molar-refractivity contribution is 7.43. The van der Waals surface area contributed by atoms with Gasteiger partial charge in [0, 0.05) is 5.56 Å². The highest BCUT2D eigenvalue weighted by Crippen LogP contribution is 2.57. The van der Waals surface area contributed by atoms with Gasteiger partial charge in [0.25, 0.3) is 0 Å². The van der Waals surface area contributed by atoms with Gasteiger partial charge in [-0.05, 0) is 47.2 Å². The van der Waals surface area contributed by atoms with Crippen LogP contribution >= 0.6 is 17.2 Å². The summed E-state index contributed by atoms with van der Waals surface area (Å²) in [6.07, 6.45) is -4.75. The average molecular weight is 721 g/mol. The van der Waals surface area contributed by atoms with E-state index in [2.05, 4.69) is 0 Å². The molecule has 10 rings (SSSR count). The lowest BCUT2D eigenvalue weighted by Crippen LogP contribution is -2.64. The summed E-state index contributed by atoms with van der Waals surface area (Å²) in [6.45, 7) is 0.213. The molecule has 2 fully saturated rings. The molecule has 0 aromatic heterocycles. The molecule has 51 heavy (non-hydrogen) atoms. The molecule has 10 nitrogen and oxygen atoms in total. The van der Waals surface area contributed by atoms with Crippen LogP contribution in [0.4, 0.5) is 0 Å². The molecular weight excluding hydrogens is 690 g/mol. The maximum Gasteiger partial charge on any atom is 0.463 e. The Kier molecular flexibility index (Phi) is 8.11. The van der Waals surface area contributed by atoms with Gasteiger partial charge in [-0.3, -0.25) is 9.05 Å². The minimum Gasteiger partial charge on any atom is -0.462 e. The van der Waals surface area contributed by atoms with Crippen LogP contribution in [0, 0.1) is 0 Å². The van der Waals surface area contributed by atoms with Crippen molar-refractivity contribution in [2.45, 2.75) is 37.0 Å². The van der Waals surface area contributed by atoms with Crippen LogP contribution in [0.25, 0.3) is 21.5 Å². The van der Waals surface area contributed by atoms with Crippen LogP contribution in [-0.2, 0) is 23.3 Å². The second kappa shape index (κ2) is 13.2. The molecule has 6 aromatic carbocycles. The van der Waals surface area contributed by atoms with Crippen molar-refractivity contribution in [3.8, 4) is 28.7 Å². The molecule has 0 amide bonds. The summed E-state index contributed by atoms with van der Waals surface area (Å²) in [5.41, 5.74) is 0.860. The number of hydrogen-bond acceptors (Lipinski definition) is 10. The lowest BCUT2D eigenvalue weighted by Gasteiger charge is -2.49. The van der Waals surface area contributed by atoms with Gasteiger partial charge in [-0.25, -0.2) is 0 Å². The molecule has 12 heteroatoms. The number of ether oxygens (including phenoxy) is 4. The first-order valence-corrected chi connectivity index (χ1v) is 18.8. The van der Waals surface area contributed by atoms with Crippen molar-refractivity contribution in [1.82, 2.24) is 0 Å². The van der Waals surface area contributed by atoms with Crippen molar-refractivity contribution >= 4 is 38.7 Å². The van der Waals surface area contributed by atoms with Crippen LogP contribution in [0.5, 0.6) is 28.7 Å². The van der Waals surface area contributed by atoms with E-state index in [-0.39, 0.29) is 6.61 Å². The number of para-hydroxylation sites is 1. The Morgan fingerprint density at radius 1 is 0.510 bits per heavy atom. The van der Waals surface area contributed by atoms with Gasteiger partial charge in [0.1, 0.15) is 47.1 Å². The second-order valence-corrected chi connectivity index (χ2v) is 14.4. The van der Waals surface area contributed by atoms with E-state index in [9.17, 15) is 0 Å². The first-order chi connectivity index (χ1) is 25.2. The number of rotatable bonds is 7. The van der Waals surface area contributed by atoms with Crippen LogP contribution in [-0.4, -0.2) is 37.3 Å². The predicted octanol–water partition coefficient (Wildman–Crippen LogP) is 9.38. The Morgan fingerprint density at radius 3 is 1.57 bits per heavy atom. The van der Waals surface area contributed by atoms with E-state index in [0.717, 1.165) is 27.1 Å². The first kappa shape index (κ1) is 31.3. The Balaban J connectivity index is 1.02. The monoisotopic (exact) mass is 720 g/mol. The third-order valence-electron chi connectivity index (χ3n) is 9.11. The van der Waals surface area contributed by atoms with Crippen molar-refractivity contribution in [3.05, 3.63) is 139 Å². The molecule has 0 bridgehead atoms. The van der Waals surface area contributed by atoms with Gasteiger partial charge >= 0.3 is 17.2 Å². The fourth-order valence-corrected chi connectivity index (χ4v) is 9.13. The van der Waals surface area contributed by atoms with Crippen molar-refractivity contribution in [1.29, 1.82) is 0 Å². The zero-order chi connectivity index (χ0) is 33.7. The normalized spacial score (nSPS) is 25.6. The Morgan fingerprint density at radius 2 is 1.02 bits per heavy atom. The number of benzene rings is 6. The van der Waals surface area contributed by atoms with Gasteiger partial charge in [-0.2, -0.15) is 0 Å². The van der Waals surface area contributed by atoms with Crippen LogP contribution in [0.1, 0.15) is 11.9 Å². The summed E-state index contributed by atoms with van der Waals surface area (Å²) in [7, 11) is -4.00. The number of hydrogen-bond donors (Lipinski definition) is 0. The SMILES string of the molecule is c1ccc(O[C@@H]2O[C@@H]3COC(c4ccccc4)O[C@H]3[C@H](OP3Oc4cccc5cccc(c45)O3)[C@H]2OP2Oc3cccc4cccc(c34)O2)cc1. The molecule has 0 saturated carbocycles. The summed E-state index contributed by atoms with van der Waals surface area (Å²) in [5, 5.41) is 3.77. The minimum absolute atomic E-state index is 0.213. The highest BCUT2D eigenvalue weighted by Gasteiger charge is 2.56. The van der Waals surface area contributed by atoms with Gasteiger partial charge in [0.2, 0.25) is 6.29 Å². The molecular formula is C39H30O10P2. The molecule has 4 aliphatic heterocycles. The molecule has 6 aromatic rings. The van der Waals surface area contributed by atoms with Gasteiger partial charge in [-0.15, -0.1) is 0 Å². The van der Waals surface area contributed by atoms with E-state index in [0.29, 0.717) is 28.7 Å². The molecule has 256 valence electrons. The molecule has 4 aliphatic rings. The number of fused-ring (bicyclic) bond motifs is 1. The Labute approximate surface area is 295 Å². The maximum absolute atomic E-state index is 6.88. The zero-order valence-electron chi connectivity index (χ0n) is 26.8. The molecule has 0 aliphatic carbocycles. The smallest absolute Gasteiger partial charge is 0.462 e. The highest BCUT2D eigenvalue weighted by atomic mass is 31.2. The zero-order valence-corrected chi connectivity index (χ0v) is 28.6. The van der Waals surface area contributed by atoms with Crippen molar-refractivity contribution in [2.24, 2.45) is 0 Å². The fraction of sp³-hybridized carbons (Fsp3) is 0.179. The topological polar surface area (TPSA) is 92.3 Å². The van der Waals surface area contributed by atoms with Crippen LogP contribution < -0.4 is 22.8 Å². The third-order valence-corrected chi connectivity index (χ3v) is 11.3. The summed E-state index contributed by atoms with van der Waals surface area (Å²) in [5.74, 6) is 3.24. The van der Waals surface area contributed by atoms with Crippen molar-refractivity contribution < 1.29 is 46.1 Å². The van der Waals surface area contributed by atoms with Crippen LogP contribution in [0.15, 0.2) is 133 Å². The Hall–Kier alpha value is -4.50. The standard InChI is InChI=1S/C39H30O10P2/c1-3-11-26(12-4-1)38-40-23-32-35(43-38)36(48-50-44-28-19-7-13-24-14-8-20-29(45-50)33(24)28)37(39(42-32)41-27-17-5-2-6-18-27)49-51-46-30-21-9-15-25-16-10-22-31(47-51)34(25)30/h1-22,32,35-39H,23H2/t32-,35-,36+,37-,38?,39-/m1/s1. The molecule has 4 heterocycles. The lowest BCUT2D eigenvalue weighted by atomic mass is 9.98. The Bertz CT molecular complexity index is 2110. The molecule has 0 radical (unpaired) electrons. The van der Waals surface area contributed by atoms with Crippen LogP contribution in [0.3, 0.4) is 0 Å². The second-order valence-electron chi connectivity index (χ2n) is 12.3. The summed E-state index contributed by atoms with van der Waals surface area (Å²) < 4.78 is 65.3. The van der Waals surface area contributed by atoms with Crippen molar-refractivity contribution in [2.75, 3.05) is 6.61 Å². The quantitative estimate of drug-likeness (QED) is 0.149. The predicted molar refractivity (Wildman–Crippen MR) is 190 cm³/mol. The molecule has 0 spiro atoms. The average Bonchev–Trinajstić information content (AvgIpc) is 3.17. The largest absolute Gasteiger partial charge is 0.463 e. The maximum atomic E-state index is 6.88. The summed E-state index contributed by atoms with van der Waals surface area (Å²) in [6, 6.07) is 42.7. The van der Waals surface area contributed by atoms with E-state index in [4.69, 9.17) is 46.1 Å². The van der Waals surface area contributed by atoms with E-state index in [1.165, 1.54) is 0 Å². The summed E-state index contributed by atoms with van der Waals surface area (Å²) >= 11 is 0. The first-order valence-electron chi connectivity index (χ1n) is 16.6. The molecule has 0 N–H and O–H groups in total. The van der Waals surface area contributed by atoms with Crippen LogP contribution in [0.2, 0.25) is 0 Å². The van der Waals surface area contributed by atoms with Gasteiger partial charge in [-0.1, -0.05) is 97.1 Å². The summed E-state index contributed by atoms with van der Waals surface area (Å²) in [4.78, 5) is 0. The molecule has 1 unspecified atom stereocenters. The van der Waals surface area contributed by atoms with E-state index < -0.39 is 54.2 Å².